The van der Waals surface area contributed by atoms with Crippen LogP contribution in [0.4, 0.5) is 0 Å². The van der Waals surface area contributed by atoms with E-state index in [1.165, 1.54) is 0 Å². The number of halogens is 1. The fraction of sp³-hybridized carbons (Fsp3) is 0.222. The Bertz CT molecular complexity index is 424. The van der Waals surface area contributed by atoms with Crippen molar-refractivity contribution in [2.45, 2.75) is 6.42 Å². The molecule has 1 aromatic carbocycles. The molecule has 0 atom stereocenters. The SMILES string of the molecule is NCCc1onc2cc(Cl)ccc12. The van der Waals surface area contributed by atoms with E-state index in [9.17, 15) is 0 Å². The van der Waals surface area contributed by atoms with Gasteiger partial charge in [0.15, 0.2) is 0 Å². The molecule has 2 aromatic rings. The predicted molar refractivity (Wildman–Crippen MR) is 51.8 cm³/mol. The third-order valence-electron chi connectivity index (χ3n) is 1.89. The highest BCUT2D eigenvalue weighted by Crippen LogP contribution is 2.21. The fourth-order valence-electron chi connectivity index (χ4n) is 1.28. The van der Waals surface area contributed by atoms with Crippen molar-refractivity contribution < 1.29 is 4.52 Å². The molecule has 0 bridgehead atoms. The summed E-state index contributed by atoms with van der Waals surface area (Å²) in [5.74, 6) is 0.828. The van der Waals surface area contributed by atoms with Gasteiger partial charge >= 0.3 is 0 Å². The van der Waals surface area contributed by atoms with E-state index in [-0.39, 0.29) is 0 Å². The smallest absolute Gasteiger partial charge is 0.145 e. The van der Waals surface area contributed by atoms with Crippen LogP contribution < -0.4 is 5.73 Å². The van der Waals surface area contributed by atoms with Gasteiger partial charge in [0.25, 0.3) is 0 Å². The van der Waals surface area contributed by atoms with Crippen molar-refractivity contribution in [1.82, 2.24) is 5.16 Å². The van der Waals surface area contributed by atoms with Crippen molar-refractivity contribution in [1.29, 1.82) is 0 Å². The van der Waals surface area contributed by atoms with Crippen LogP contribution in [0, 0.1) is 0 Å². The Morgan fingerprint density at radius 3 is 3.08 bits per heavy atom. The lowest BCUT2D eigenvalue weighted by atomic mass is 10.2. The Hall–Kier alpha value is -1.06. The Labute approximate surface area is 80.5 Å². The van der Waals surface area contributed by atoms with Crippen molar-refractivity contribution in [3.05, 3.63) is 29.0 Å². The second kappa shape index (κ2) is 3.36. The first kappa shape index (κ1) is 8.53. The highest BCUT2D eigenvalue weighted by Gasteiger charge is 2.06. The zero-order valence-corrected chi connectivity index (χ0v) is 7.71. The van der Waals surface area contributed by atoms with Crippen LogP contribution in [0.3, 0.4) is 0 Å². The third-order valence-corrected chi connectivity index (χ3v) is 2.12. The van der Waals surface area contributed by atoms with E-state index in [1.54, 1.807) is 6.07 Å². The van der Waals surface area contributed by atoms with E-state index in [1.807, 2.05) is 12.1 Å². The van der Waals surface area contributed by atoms with Gasteiger partial charge in [-0.1, -0.05) is 16.8 Å². The molecule has 0 amide bonds. The van der Waals surface area contributed by atoms with Gasteiger partial charge in [0, 0.05) is 16.8 Å². The van der Waals surface area contributed by atoms with Crippen LogP contribution >= 0.6 is 11.6 Å². The average Bonchev–Trinajstić information content (AvgIpc) is 2.49. The van der Waals surface area contributed by atoms with Crippen LogP contribution in [0.15, 0.2) is 22.7 Å². The molecule has 0 aliphatic heterocycles. The van der Waals surface area contributed by atoms with Crippen molar-refractivity contribution >= 4 is 22.5 Å². The van der Waals surface area contributed by atoms with Crippen LogP contribution in [-0.2, 0) is 6.42 Å². The first-order valence-corrected chi connectivity index (χ1v) is 4.43. The van der Waals surface area contributed by atoms with Crippen LogP contribution in [-0.4, -0.2) is 11.7 Å². The van der Waals surface area contributed by atoms with Crippen molar-refractivity contribution in [2.75, 3.05) is 6.54 Å². The molecule has 0 aliphatic rings. The van der Waals surface area contributed by atoms with Gasteiger partial charge in [-0.25, -0.2) is 0 Å². The maximum atomic E-state index is 5.80. The molecule has 0 saturated heterocycles. The van der Waals surface area contributed by atoms with Gasteiger partial charge in [0.05, 0.1) is 0 Å². The largest absolute Gasteiger partial charge is 0.360 e. The summed E-state index contributed by atoms with van der Waals surface area (Å²) >= 11 is 5.80. The molecule has 0 aliphatic carbocycles. The third kappa shape index (κ3) is 1.53. The van der Waals surface area contributed by atoms with E-state index in [0.29, 0.717) is 18.0 Å². The minimum atomic E-state index is 0.562. The van der Waals surface area contributed by atoms with Gasteiger partial charge in [-0.05, 0) is 24.7 Å². The Morgan fingerprint density at radius 2 is 2.31 bits per heavy atom. The summed E-state index contributed by atoms with van der Waals surface area (Å²) in [7, 11) is 0. The van der Waals surface area contributed by atoms with Gasteiger partial charge in [-0.3, -0.25) is 0 Å². The molecule has 3 nitrogen and oxygen atoms in total. The predicted octanol–water partition coefficient (Wildman–Crippen LogP) is 1.98. The number of aromatic nitrogens is 1. The van der Waals surface area contributed by atoms with Gasteiger partial charge in [0.2, 0.25) is 0 Å². The summed E-state index contributed by atoms with van der Waals surface area (Å²) in [5, 5.41) is 5.55. The molecule has 0 radical (unpaired) electrons. The van der Waals surface area contributed by atoms with Gasteiger partial charge in [0.1, 0.15) is 11.3 Å². The Kier molecular flexibility index (Phi) is 2.20. The molecule has 4 heteroatoms. The van der Waals surface area contributed by atoms with Gasteiger partial charge < -0.3 is 10.3 Å². The van der Waals surface area contributed by atoms with Crippen molar-refractivity contribution in [3.63, 3.8) is 0 Å². The maximum absolute atomic E-state index is 5.80. The molecular formula is C9H9ClN2O. The first-order chi connectivity index (χ1) is 6.31. The molecular weight excluding hydrogens is 188 g/mol. The van der Waals surface area contributed by atoms with E-state index in [0.717, 1.165) is 16.7 Å². The summed E-state index contributed by atoms with van der Waals surface area (Å²) < 4.78 is 5.12. The molecule has 68 valence electrons. The van der Waals surface area contributed by atoms with E-state index < -0.39 is 0 Å². The summed E-state index contributed by atoms with van der Waals surface area (Å²) in [6.07, 6.45) is 0.706. The molecule has 0 unspecified atom stereocenters. The highest BCUT2D eigenvalue weighted by molar-refractivity contribution is 6.31. The van der Waals surface area contributed by atoms with Crippen LogP contribution in [0.2, 0.25) is 5.02 Å². The number of benzene rings is 1. The van der Waals surface area contributed by atoms with Crippen LogP contribution in [0.25, 0.3) is 10.9 Å². The van der Waals surface area contributed by atoms with Gasteiger partial charge in [-0.15, -0.1) is 0 Å². The van der Waals surface area contributed by atoms with Gasteiger partial charge in [-0.2, -0.15) is 0 Å². The summed E-state index contributed by atoms with van der Waals surface area (Å²) in [4.78, 5) is 0. The molecule has 1 aromatic heterocycles. The summed E-state index contributed by atoms with van der Waals surface area (Å²) in [6.45, 7) is 0.562. The van der Waals surface area contributed by atoms with E-state index >= 15 is 0 Å². The lowest BCUT2D eigenvalue weighted by molar-refractivity contribution is 0.392. The fourth-order valence-corrected chi connectivity index (χ4v) is 1.45. The Morgan fingerprint density at radius 1 is 1.46 bits per heavy atom. The first-order valence-electron chi connectivity index (χ1n) is 4.05. The summed E-state index contributed by atoms with van der Waals surface area (Å²) in [6, 6.07) is 5.50. The monoisotopic (exact) mass is 196 g/mol. The minimum absolute atomic E-state index is 0.562. The standard InChI is InChI=1S/C9H9ClN2O/c10-6-1-2-7-8(5-6)12-13-9(7)3-4-11/h1-2,5H,3-4,11H2. The van der Waals surface area contributed by atoms with E-state index in [2.05, 4.69) is 5.16 Å². The van der Waals surface area contributed by atoms with Crippen LogP contribution in [0.5, 0.6) is 0 Å². The zero-order valence-electron chi connectivity index (χ0n) is 6.96. The zero-order chi connectivity index (χ0) is 9.26. The second-order valence-electron chi connectivity index (χ2n) is 2.81. The maximum Gasteiger partial charge on any atom is 0.145 e. The van der Waals surface area contributed by atoms with Crippen LogP contribution in [0.1, 0.15) is 5.76 Å². The average molecular weight is 197 g/mol. The number of nitrogens with two attached hydrogens (primary N) is 1. The number of rotatable bonds is 2. The van der Waals surface area contributed by atoms with E-state index in [4.69, 9.17) is 21.9 Å². The Balaban J connectivity index is 2.55. The highest BCUT2D eigenvalue weighted by atomic mass is 35.5. The lowest BCUT2D eigenvalue weighted by Gasteiger charge is -1.91. The normalized spacial score (nSPS) is 10.9. The van der Waals surface area contributed by atoms with Crippen molar-refractivity contribution in [3.8, 4) is 0 Å². The molecule has 0 spiro atoms. The quantitative estimate of drug-likeness (QED) is 0.799. The number of nitrogens with zero attached hydrogens (tertiary/aromatic N) is 1. The number of hydrogen-bond donors (Lipinski definition) is 1. The molecule has 13 heavy (non-hydrogen) atoms. The lowest BCUT2D eigenvalue weighted by Crippen LogP contribution is -2.01. The van der Waals surface area contributed by atoms with Crippen molar-refractivity contribution in [2.24, 2.45) is 5.73 Å². The number of hydrogen-bond acceptors (Lipinski definition) is 3. The molecule has 0 fully saturated rings. The molecule has 2 rings (SSSR count). The molecule has 0 saturated carbocycles. The number of fused-ring (bicyclic) bond motifs is 1. The molecule has 1 heterocycles. The molecule has 2 N–H and O–H groups in total. The topological polar surface area (TPSA) is 52.0 Å². The second-order valence-corrected chi connectivity index (χ2v) is 3.24. The summed E-state index contributed by atoms with van der Waals surface area (Å²) in [5.41, 5.74) is 6.21. The minimum Gasteiger partial charge on any atom is -0.360 e.